The van der Waals surface area contributed by atoms with Crippen LogP contribution in [0.3, 0.4) is 0 Å². The highest BCUT2D eigenvalue weighted by atomic mass is 16.4. The second kappa shape index (κ2) is 3.84. The molecule has 0 atom stereocenters. The van der Waals surface area contributed by atoms with Crippen molar-refractivity contribution in [1.82, 2.24) is 9.55 Å². The lowest BCUT2D eigenvalue weighted by Crippen LogP contribution is -2.23. The summed E-state index contributed by atoms with van der Waals surface area (Å²) in [5.41, 5.74) is 1.48. The Hall–Kier alpha value is -2.04. The standard InChI is InChI=1S/C11H12N2O3/c1-7-12-9-3-2-8(14)6-10(9)13(7)5-4-11(15)16/h2-3,6,14H,4-5H2,1H3,(H,15,16)/p-1. The average Bonchev–Trinajstić information content (AvgIpc) is 2.51. The van der Waals surface area contributed by atoms with Crippen molar-refractivity contribution >= 4 is 17.0 Å². The van der Waals surface area contributed by atoms with Gasteiger partial charge in [-0.2, -0.15) is 0 Å². The molecule has 0 bridgehead atoms. The number of phenols is 1. The molecule has 0 radical (unpaired) electrons. The van der Waals surface area contributed by atoms with E-state index in [1.807, 2.05) is 0 Å². The highest BCUT2D eigenvalue weighted by Gasteiger charge is 2.07. The van der Waals surface area contributed by atoms with Crippen LogP contribution in [0.15, 0.2) is 18.2 Å². The molecule has 0 fully saturated rings. The zero-order valence-corrected chi connectivity index (χ0v) is 8.80. The summed E-state index contributed by atoms with van der Waals surface area (Å²) in [6.07, 6.45) is -0.0675. The predicted octanol–water partition coefficient (Wildman–Crippen LogP) is 0.190. The van der Waals surface area contributed by atoms with Crippen LogP contribution in [0.2, 0.25) is 0 Å². The molecule has 0 aliphatic rings. The molecule has 1 heterocycles. The van der Waals surface area contributed by atoms with Gasteiger partial charge in [0.05, 0.1) is 11.0 Å². The lowest BCUT2D eigenvalue weighted by molar-refractivity contribution is -0.305. The van der Waals surface area contributed by atoms with Crippen LogP contribution < -0.4 is 5.11 Å². The molecule has 16 heavy (non-hydrogen) atoms. The van der Waals surface area contributed by atoms with Crippen LogP contribution in [0.5, 0.6) is 5.75 Å². The smallest absolute Gasteiger partial charge is 0.117 e. The van der Waals surface area contributed by atoms with E-state index in [4.69, 9.17) is 0 Å². The fourth-order valence-corrected chi connectivity index (χ4v) is 1.72. The van der Waals surface area contributed by atoms with Gasteiger partial charge in [-0.25, -0.2) is 4.98 Å². The summed E-state index contributed by atoms with van der Waals surface area (Å²) in [4.78, 5) is 14.7. The van der Waals surface area contributed by atoms with Crippen molar-refractivity contribution in [3.63, 3.8) is 0 Å². The van der Waals surface area contributed by atoms with E-state index < -0.39 is 5.97 Å². The number of hydrogen-bond acceptors (Lipinski definition) is 4. The third-order valence-electron chi connectivity index (χ3n) is 2.46. The summed E-state index contributed by atoms with van der Waals surface area (Å²) in [6, 6.07) is 4.83. The number of aryl methyl sites for hydroxylation is 2. The average molecular weight is 219 g/mol. The first-order valence-electron chi connectivity index (χ1n) is 4.93. The monoisotopic (exact) mass is 219 g/mol. The Labute approximate surface area is 92.0 Å². The van der Waals surface area contributed by atoms with E-state index in [0.29, 0.717) is 6.54 Å². The molecule has 1 aromatic carbocycles. The predicted molar refractivity (Wildman–Crippen MR) is 55.8 cm³/mol. The highest BCUT2D eigenvalue weighted by Crippen LogP contribution is 2.21. The zero-order chi connectivity index (χ0) is 11.7. The maximum absolute atomic E-state index is 10.4. The number of fused-ring (bicyclic) bond motifs is 1. The molecule has 5 nitrogen and oxygen atoms in total. The summed E-state index contributed by atoms with van der Waals surface area (Å²) in [7, 11) is 0. The van der Waals surface area contributed by atoms with Crippen LogP contribution in [0.25, 0.3) is 11.0 Å². The number of nitrogens with zero attached hydrogens (tertiary/aromatic N) is 2. The SMILES string of the molecule is Cc1nc2ccc(O)cc2n1CCC(=O)[O-]. The van der Waals surface area contributed by atoms with E-state index in [1.54, 1.807) is 29.7 Å². The molecule has 84 valence electrons. The van der Waals surface area contributed by atoms with Gasteiger partial charge in [0.2, 0.25) is 0 Å². The molecular formula is C11H11N2O3-. The number of aliphatic carboxylic acids is 1. The summed E-state index contributed by atoms with van der Waals surface area (Å²) in [6.45, 7) is 2.10. The van der Waals surface area contributed by atoms with Crippen LogP contribution in [0, 0.1) is 6.92 Å². The van der Waals surface area contributed by atoms with Gasteiger partial charge < -0.3 is 19.6 Å². The minimum absolute atomic E-state index is 0.0675. The zero-order valence-electron chi connectivity index (χ0n) is 8.80. The third-order valence-corrected chi connectivity index (χ3v) is 2.46. The van der Waals surface area contributed by atoms with Gasteiger partial charge in [0.15, 0.2) is 0 Å². The number of carbonyl (C=O) groups is 1. The van der Waals surface area contributed by atoms with E-state index >= 15 is 0 Å². The molecule has 0 saturated heterocycles. The van der Waals surface area contributed by atoms with Crippen molar-refractivity contribution in [2.45, 2.75) is 19.9 Å². The van der Waals surface area contributed by atoms with Gasteiger partial charge in [0.25, 0.3) is 0 Å². The van der Waals surface area contributed by atoms with Crippen molar-refractivity contribution in [3.05, 3.63) is 24.0 Å². The molecule has 1 N–H and O–H groups in total. The number of hydrogen-bond donors (Lipinski definition) is 1. The summed E-state index contributed by atoms with van der Waals surface area (Å²) in [5, 5.41) is 19.8. The largest absolute Gasteiger partial charge is 0.550 e. The molecule has 2 rings (SSSR count). The number of imidazole rings is 1. The van der Waals surface area contributed by atoms with Gasteiger partial charge in [-0.3, -0.25) is 0 Å². The number of carbonyl (C=O) groups excluding carboxylic acids is 1. The maximum atomic E-state index is 10.4. The molecule has 0 unspecified atom stereocenters. The van der Waals surface area contributed by atoms with Gasteiger partial charge >= 0.3 is 0 Å². The number of aromatic nitrogens is 2. The summed E-state index contributed by atoms with van der Waals surface area (Å²) < 4.78 is 1.75. The molecule has 0 aliphatic heterocycles. The van der Waals surface area contributed by atoms with Crippen LogP contribution in [0.1, 0.15) is 12.2 Å². The Kier molecular flexibility index (Phi) is 2.52. The molecule has 0 spiro atoms. The van der Waals surface area contributed by atoms with Crippen molar-refractivity contribution < 1.29 is 15.0 Å². The van der Waals surface area contributed by atoms with Gasteiger partial charge in [0, 0.05) is 25.0 Å². The molecule has 0 saturated carbocycles. The van der Waals surface area contributed by atoms with Crippen molar-refractivity contribution in [2.75, 3.05) is 0 Å². The van der Waals surface area contributed by atoms with Gasteiger partial charge in [-0.1, -0.05) is 0 Å². The van der Waals surface area contributed by atoms with Crippen LogP contribution in [0.4, 0.5) is 0 Å². The maximum Gasteiger partial charge on any atom is 0.117 e. The van der Waals surface area contributed by atoms with Gasteiger partial charge in [-0.15, -0.1) is 0 Å². The van der Waals surface area contributed by atoms with E-state index in [-0.39, 0.29) is 12.2 Å². The molecular weight excluding hydrogens is 208 g/mol. The van der Waals surface area contributed by atoms with E-state index in [0.717, 1.165) is 16.9 Å². The third kappa shape index (κ3) is 1.84. The van der Waals surface area contributed by atoms with Crippen LogP contribution >= 0.6 is 0 Å². The highest BCUT2D eigenvalue weighted by molar-refractivity contribution is 5.78. The van der Waals surface area contributed by atoms with Crippen molar-refractivity contribution in [2.24, 2.45) is 0 Å². The topological polar surface area (TPSA) is 78.2 Å². The number of aromatic hydroxyl groups is 1. The minimum atomic E-state index is -1.10. The number of benzene rings is 1. The molecule has 0 amide bonds. The molecule has 1 aromatic heterocycles. The minimum Gasteiger partial charge on any atom is -0.550 e. The lowest BCUT2D eigenvalue weighted by atomic mass is 10.3. The Morgan fingerprint density at radius 2 is 2.31 bits per heavy atom. The number of phenolic OH excluding ortho intramolecular Hbond substituents is 1. The Morgan fingerprint density at radius 3 is 3.00 bits per heavy atom. The van der Waals surface area contributed by atoms with Crippen LogP contribution in [-0.2, 0) is 11.3 Å². The Bertz CT molecular complexity index is 545. The number of rotatable bonds is 3. The van der Waals surface area contributed by atoms with Gasteiger partial charge in [-0.05, 0) is 19.1 Å². The molecule has 0 aliphatic carbocycles. The van der Waals surface area contributed by atoms with Crippen LogP contribution in [-0.4, -0.2) is 20.6 Å². The Balaban J connectivity index is 2.45. The lowest BCUT2D eigenvalue weighted by Gasteiger charge is -2.07. The first-order chi connectivity index (χ1) is 7.58. The fourth-order valence-electron chi connectivity index (χ4n) is 1.72. The van der Waals surface area contributed by atoms with Crippen molar-refractivity contribution in [1.29, 1.82) is 0 Å². The van der Waals surface area contributed by atoms with Gasteiger partial charge in [0.1, 0.15) is 11.6 Å². The quantitative estimate of drug-likeness (QED) is 0.799. The molecule has 2 aromatic rings. The first kappa shape index (κ1) is 10.5. The summed E-state index contributed by atoms with van der Waals surface area (Å²) >= 11 is 0. The first-order valence-corrected chi connectivity index (χ1v) is 4.93. The molecule has 5 heteroatoms. The second-order valence-electron chi connectivity index (χ2n) is 3.61. The summed E-state index contributed by atoms with van der Waals surface area (Å²) in [5.74, 6) is -0.231. The van der Waals surface area contributed by atoms with E-state index in [2.05, 4.69) is 4.98 Å². The Morgan fingerprint density at radius 1 is 1.56 bits per heavy atom. The van der Waals surface area contributed by atoms with Crippen molar-refractivity contribution in [3.8, 4) is 5.75 Å². The second-order valence-corrected chi connectivity index (χ2v) is 3.61. The number of carboxylic acids is 1. The van der Waals surface area contributed by atoms with E-state index in [9.17, 15) is 15.0 Å². The van der Waals surface area contributed by atoms with E-state index in [1.165, 1.54) is 0 Å². The normalized spacial score (nSPS) is 10.8. The fraction of sp³-hybridized carbons (Fsp3) is 0.273. The number of carboxylic acid groups (broad SMARTS) is 1.